The van der Waals surface area contributed by atoms with Crippen molar-refractivity contribution in [2.45, 2.75) is 37.6 Å². The molecule has 2 bridgehead atoms. The maximum absolute atomic E-state index is 7.36. The van der Waals surface area contributed by atoms with E-state index in [1.54, 1.807) is 0 Å². The summed E-state index contributed by atoms with van der Waals surface area (Å²) in [6.07, 6.45) is 6.55. The highest BCUT2D eigenvalue weighted by Gasteiger charge is 2.44. The van der Waals surface area contributed by atoms with Gasteiger partial charge in [-0.05, 0) is 38.0 Å². The molecule has 1 atom stereocenters. The van der Waals surface area contributed by atoms with Crippen LogP contribution in [-0.2, 0) is 0 Å². The van der Waals surface area contributed by atoms with Gasteiger partial charge in [-0.25, -0.2) is 0 Å². The van der Waals surface area contributed by atoms with Gasteiger partial charge in [-0.15, -0.1) is 0 Å². The molecule has 2 rings (SSSR count). The van der Waals surface area contributed by atoms with Gasteiger partial charge in [0.1, 0.15) is 0 Å². The van der Waals surface area contributed by atoms with Gasteiger partial charge in [0.25, 0.3) is 0 Å². The van der Waals surface area contributed by atoms with Crippen molar-refractivity contribution in [3.05, 3.63) is 0 Å². The minimum atomic E-state index is -1.46. The lowest BCUT2D eigenvalue weighted by molar-refractivity contribution is 0.389. The minimum Gasteiger partial charge on any atom is -0.293 e. The van der Waals surface area contributed by atoms with E-state index < -0.39 is 8.01 Å². The van der Waals surface area contributed by atoms with Crippen LogP contribution in [0.4, 0.5) is 0 Å². The molecule has 2 aliphatic rings. The zero-order valence-corrected chi connectivity index (χ0v) is 7.69. The molecule has 2 aliphatic carbocycles. The zero-order valence-electron chi connectivity index (χ0n) is 6.69. The molecule has 64 valence electrons. The van der Waals surface area contributed by atoms with E-state index in [0.29, 0.717) is 5.54 Å². The van der Waals surface area contributed by atoms with Gasteiger partial charge >= 0.3 is 0 Å². The van der Waals surface area contributed by atoms with Crippen LogP contribution in [-0.4, -0.2) is 5.54 Å². The molecular weight excluding hydrogens is 157 g/mol. The second-order valence-electron chi connectivity index (χ2n) is 3.97. The van der Waals surface area contributed by atoms with Crippen molar-refractivity contribution in [3.63, 3.8) is 0 Å². The Hall–Kier alpha value is 0.150. The highest BCUT2D eigenvalue weighted by atomic mass is 31.1. The predicted molar refractivity (Wildman–Crippen MR) is 47.7 cm³/mol. The Kier molecular flexibility index (Phi) is 1.82. The molecule has 0 heterocycles. The molecule has 0 aliphatic heterocycles. The summed E-state index contributed by atoms with van der Waals surface area (Å²) >= 11 is 0. The molecule has 11 heavy (non-hydrogen) atoms. The zero-order chi connectivity index (χ0) is 7.90. The van der Waals surface area contributed by atoms with Crippen molar-refractivity contribution in [1.29, 1.82) is 5.16 Å². The number of hydrogen-bond donors (Lipinski definition) is 3. The minimum absolute atomic E-state index is 0.315. The van der Waals surface area contributed by atoms with Gasteiger partial charge in [0.05, 0.1) is 8.01 Å². The van der Waals surface area contributed by atoms with E-state index in [4.69, 9.17) is 10.7 Å². The first-order valence-electron chi connectivity index (χ1n) is 4.32. The van der Waals surface area contributed by atoms with Gasteiger partial charge in [-0.2, -0.15) is 0 Å². The monoisotopic (exact) mass is 173 g/mol. The summed E-state index contributed by atoms with van der Waals surface area (Å²) in [7, 11) is -1.46. The van der Waals surface area contributed by atoms with Gasteiger partial charge in [0.2, 0.25) is 0 Å². The molecule has 2 saturated carbocycles. The van der Waals surface area contributed by atoms with E-state index >= 15 is 0 Å². The molecule has 0 spiro atoms. The molecule has 0 amide bonds. The fourth-order valence-corrected chi connectivity index (χ4v) is 3.58. The maximum Gasteiger partial charge on any atom is 0.0737 e. The molecule has 4 heteroatoms. The molecule has 4 N–H and O–H groups in total. The Balaban J connectivity index is 2.05. The Morgan fingerprint density at radius 1 is 1.45 bits per heavy atom. The van der Waals surface area contributed by atoms with Gasteiger partial charge in [-0.1, -0.05) is 0 Å². The standard InChI is InChI=1S/C7H16N3P/c8-11(9)10-7-3-1-6(5-7)2-4-7/h6,11H,1-5H2,(H4,8,9,10). The van der Waals surface area contributed by atoms with E-state index in [1.165, 1.54) is 32.1 Å². The van der Waals surface area contributed by atoms with Crippen LogP contribution in [0.25, 0.3) is 0 Å². The first-order chi connectivity index (χ1) is 5.20. The molecule has 0 aromatic heterocycles. The average Bonchev–Trinajstić information content (AvgIpc) is 2.43. The topological polar surface area (TPSA) is 61.9 Å². The number of fused-ring (bicyclic) bond motifs is 2. The number of nitrogens with two attached hydrogens (primary N) is 1. The molecule has 1 unspecified atom stereocenters. The van der Waals surface area contributed by atoms with Crippen LogP contribution in [0.1, 0.15) is 32.1 Å². The van der Waals surface area contributed by atoms with Crippen molar-refractivity contribution in [2.75, 3.05) is 0 Å². The van der Waals surface area contributed by atoms with Crippen LogP contribution in [0.3, 0.4) is 0 Å². The molecule has 0 saturated heterocycles. The quantitative estimate of drug-likeness (QED) is 0.556. The highest BCUT2D eigenvalue weighted by molar-refractivity contribution is 7.40. The summed E-state index contributed by atoms with van der Waals surface area (Å²) in [6.45, 7) is 0. The Morgan fingerprint density at radius 2 is 2.09 bits per heavy atom. The summed E-state index contributed by atoms with van der Waals surface area (Å²) < 4.78 is 0. The SMILES string of the molecule is N=[PH](N)NC12CCC(CC1)C2. The second-order valence-corrected chi connectivity index (χ2v) is 5.04. The van der Waals surface area contributed by atoms with Crippen molar-refractivity contribution in [3.8, 4) is 0 Å². The summed E-state index contributed by atoms with van der Waals surface area (Å²) in [5, 5.41) is 10.7. The van der Waals surface area contributed by atoms with E-state index in [0.717, 1.165) is 5.92 Å². The first-order valence-corrected chi connectivity index (χ1v) is 5.90. The lowest BCUT2D eigenvalue weighted by Gasteiger charge is -2.27. The molecule has 3 nitrogen and oxygen atoms in total. The molecule has 2 fully saturated rings. The Morgan fingerprint density at radius 3 is 2.45 bits per heavy atom. The first kappa shape index (κ1) is 7.78. The number of hydrogen-bond acceptors (Lipinski definition) is 1. The van der Waals surface area contributed by atoms with Crippen molar-refractivity contribution in [2.24, 2.45) is 11.4 Å². The fourth-order valence-electron chi connectivity index (χ4n) is 2.65. The normalized spacial score (nSPS) is 44.6. The van der Waals surface area contributed by atoms with Crippen LogP contribution in [0.5, 0.6) is 0 Å². The largest absolute Gasteiger partial charge is 0.293 e. The average molecular weight is 173 g/mol. The molecule has 0 aromatic carbocycles. The van der Waals surface area contributed by atoms with Crippen molar-refractivity contribution in [1.82, 2.24) is 5.09 Å². The third-order valence-corrected chi connectivity index (χ3v) is 3.94. The van der Waals surface area contributed by atoms with Crippen LogP contribution < -0.4 is 10.6 Å². The maximum atomic E-state index is 7.36. The van der Waals surface area contributed by atoms with Gasteiger partial charge in [0.15, 0.2) is 0 Å². The van der Waals surface area contributed by atoms with Crippen LogP contribution in [0, 0.1) is 11.1 Å². The molecule has 0 radical (unpaired) electrons. The number of rotatable bonds is 2. The van der Waals surface area contributed by atoms with E-state index in [2.05, 4.69) is 5.09 Å². The Bertz CT molecular complexity index is 184. The summed E-state index contributed by atoms with van der Waals surface area (Å²) in [5.74, 6) is 0.948. The third-order valence-electron chi connectivity index (χ3n) is 3.14. The predicted octanol–water partition coefficient (Wildman–Crippen LogP) is 1.67. The second kappa shape index (κ2) is 2.58. The van der Waals surface area contributed by atoms with E-state index in [1.807, 2.05) is 0 Å². The molecule has 0 aromatic rings. The van der Waals surface area contributed by atoms with Crippen LogP contribution >= 0.6 is 8.01 Å². The highest BCUT2D eigenvalue weighted by Crippen LogP contribution is 2.48. The van der Waals surface area contributed by atoms with E-state index in [9.17, 15) is 0 Å². The summed E-state index contributed by atoms with van der Waals surface area (Å²) in [6, 6.07) is 0. The van der Waals surface area contributed by atoms with Crippen molar-refractivity contribution >= 4 is 8.01 Å². The fraction of sp³-hybridized carbons (Fsp3) is 1.00. The lowest BCUT2D eigenvalue weighted by atomic mass is 9.95. The van der Waals surface area contributed by atoms with Crippen LogP contribution in [0.15, 0.2) is 0 Å². The summed E-state index contributed by atoms with van der Waals surface area (Å²) in [4.78, 5) is 0. The van der Waals surface area contributed by atoms with Gasteiger partial charge < -0.3 is 0 Å². The number of nitrogens with one attached hydrogen (secondary N) is 2. The smallest absolute Gasteiger partial charge is 0.0737 e. The van der Waals surface area contributed by atoms with Crippen molar-refractivity contribution < 1.29 is 0 Å². The van der Waals surface area contributed by atoms with Gasteiger partial charge in [-0.3, -0.25) is 15.8 Å². The van der Waals surface area contributed by atoms with E-state index in [-0.39, 0.29) is 0 Å². The lowest BCUT2D eigenvalue weighted by Crippen LogP contribution is -2.37. The third kappa shape index (κ3) is 1.37. The Labute approximate surface area is 68.1 Å². The van der Waals surface area contributed by atoms with Gasteiger partial charge in [0, 0.05) is 5.54 Å². The molecular formula is C7H16N3P. The van der Waals surface area contributed by atoms with Crippen LogP contribution in [0.2, 0.25) is 0 Å². The summed E-state index contributed by atoms with van der Waals surface area (Å²) in [5.41, 5.74) is 5.82.